The number of carbonyl (C=O) groups excluding carboxylic acids is 1. The zero-order chi connectivity index (χ0) is 20.7. The Hall–Kier alpha value is -1.44. The number of ether oxygens (including phenoxy) is 1. The fourth-order valence-corrected chi connectivity index (χ4v) is 7.16. The van der Waals surface area contributed by atoms with Gasteiger partial charge in [-0.1, -0.05) is 45.0 Å². The molecule has 0 aromatic heterocycles. The van der Waals surface area contributed by atoms with E-state index in [1.807, 2.05) is 6.92 Å². The standard InChI is InChI=1S/C20H32O5SSi/c1-7-27(8-2,9-3)25-17(4)20(5,19(21)24-6)15-16-26(22,23)18-13-11-10-12-14-18/h10-17H,7-9H2,1-6H3/b16-15+/t17-,20-/m0/s1. The van der Waals surface area contributed by atoms with E-state index in [-0.39, 0.29) is 4.90 Å². The Morgan fingerprint density at radius 3 is 2.11 bits per heavy atom. The van der Waals surface area contributed by atoms with Gasteiger partial charge in [0.25, 0.3) is 0 Å². The smallest absolute Gasteiger partial charge is 0.318 e. The van der Waals surface area contributed by atoms with Crippen LogP contribution in [0.25, 0.3) is 0 Å². The molecule has 27 heavy (non-hydrogen) atoms. The summed E-state index contributed by atoms with van der Waals surface area (Å²) in [4.78, 5) is 12.7. The molecule has 1 aromatic rings. The highest BCUT2D eigenvalue weighted by atomic mass is 32.2. The van der Waals surface area contributed by atoms with Crippen LogP contribution in [-0.2, 0) is 23.8 Å². The molecular weight excluding hydrogens is 380 g/mol. The fourth-order valence-electron chi connectivity index (χ4n) is 3.01. The molecule has 0 saturated carbocycles. The molecule has 1 rings (SSSR count). The first kappa shape index (κ1) is 23.6. The summed E-state index contributed by atoms with van der Waals surface area (Å²) in [6.45, 7) is 9.81. The molecule has 0 N–H and O–H groups in total. The number of rotatable bonds is 10. The molecule has 0 unspecified atom stereocenters. The summed E-state index contributed by atoms with van der Waals surface area (Å²) in [6, 6.07) is 10.9. The van der Waals surface area contributed by atoms with Gasteiger partial charge >= 0.3 is 5.97 Å². The van der Waals surface area contributed by atoms with Crippen molar-refractivity contribution in [2.45, 2.75) is 63.8 Å². The maximum absolute atomic E-state index is 12.6. The van der Waals surface area contributed by atoms with E-state index in [1.54, 1.807) is 25.1 Å². The average molecular weight is 413 g/mol. The molecule has 0 amide bonds. The number of carbonyl (C=O) groups is 1. The van der Waals surface area contributed by atoms with Crippen molar-refractivity contribution in [3.63, 3.8) is 0 Å². The van der Waals surface area contributed by atoms with Crippen LogP contribution in [0.3, 0.4) is 0 Å². The third-order valence-corrected chi connectivity index (χ3v) is 11.6. The van der Waals surface area contributed by atoms with Crippen molar-refractivity contribution in [2.24, 2.45) is 5.41 Å². The normalized spacial score (nSPS) is 16.1. The van der Waals surface area contributed by atoms with Gasteiger partial charge in [-0.3, -0.25) is 4.79 Å². The maximum atomic E-state index is 12.6. The summed E-state index contributed by atoms with van der Waals surface area (Å²) < 4.78 is 36.6. The second kappa shape index (κ2) is 9.66. The molecule has 0 aliphatic heterocycles. The number of methoxy groups -OCH3 is 1. The summed E-state index contributed by atoms with van der Waals surface area (Å²) in [5.74, 6) is -0.513. The quantitative estimate of drug-likeness (QED) is 0.416. The molecule has 1 aromatic carbocycles. The SMILES string of the molecule is CC[Si](CC)(CC)O[C@@H](C)[C@](C)(/C=C/S(=O)(=O)c1ccccc1)C(=O)OC. The van der Waals surface area contributed by atoms with E-state index < -0.39 is 35.6 Å². The van der Waals surface area contributed by atoms with Gasteiger partial charge < -0.3 is 9.16 Å². The van der Waals surface area contributed by atoms with Crippen molar-refractivity contribution in [3.8, 4) is 0 Å². The van der Waals surface area contributed by atoms with Crippen molar-refractivity contribution in [1.82, 2.24) is 0 Å². The average Bonchev–Trinajstić information content (AvgIpc) is 2.70. The van der Waals surface area contributed by atoms with Crippen LogP contribution in [0.2, 0.25) is 18.1 Å². The van der Waals surface area contributed by atoms with Gasteiger partial charge in [0.15, 0.2) is 18.2 Å². The molecular formula is C20H32O5SSi. The van der Waals surface area contributed by atoms with E-state index in [2.05, 4.69) is 20.8 Å². The van der Waals surface area contributed by atoms with E-state index in [1.165, 1.54) is 25.3 Å². The second-order valence-electron chi connectivity index (χ2n) is 6.94. The first-order valence-corrected chi connectivity index (χ1v) is 13.4. The first-order valence-electron chi connectivity index (χ1n) is 9.36. The van der Waals surface area contributed by atoms with Gasteiger partial charge in [-0.25, -0.2) is 8.42 Å². The molecule has 0 radical (unpaired) electrons. The van der Waals surface area contributed by atoms with Crippen LogP contribution in [0.4, 0.5) is 0 Å². The highest BCUT2D eigenvalue weighted by Crippen LogP contribution is 2.34. The summed E-state index contributed by atoms with van der Waals surface area (Å²) in [5.41, 5.74) is -1.20. The van der Waals surface area contributed by atoms with E-state index in [0.29, 0.717) is 0 Å². The van der Waals surface area contributed by atoms with Crippen molar-refractivity contribution >= 4 is 24.1 Å². The van der Waals surface area contributed by atoms with Crippen LogP contribution in [0, 0.1) is 5.41 Å². The number of sulfone groups is 1. The largest absolute Gasteiger partial charge is 0.468 e. The molecule has 5 nitrogen and oxygen atoms in total. The van der Waals surface area contributed by atoms with Crippen LogP contribution in [-0.4, -0.2) is 35.9 Å². The molecule has 0 heterocycles. The summed E-state index contributed by atoms with van der Waals surface area (Å²) >= 11 is 0. The summed E-state index contributed by atoms with van der Waals surface area (Å²) in [6.07, 6.45) is 0.907. The third-order valence-electron chi connectivity index (χ3n) is 5.49. The summed E-state index contributed by atoms with van der Waals surface area (Å²) in [7, 11) is -4.34. The zero-order valence-corrected chi connectivity index (χ0v) is 19.0. The minimum atomic E-state index is -3.66. The molecule has 0 aliphatic carbocycles. The predicted octanol–water partition coefficient (Wildman–Crippen LogP) is 4.56. The Labute approximate surface area is 164 Å². The lowest BCUT2D eigenvalue weighted by Crippen LogP contribution is -2.47. The second-order valence-corrected chi connectivity index (χ2v) is 13.5. The van der Waals surface area contributed by atoms with Crippen LogP contribution >= 0.6 is 0 Å². The summed E-state index contributed by atoms with van der Waals surface area (Å²) in [5, 5.41) is 1.09. The number of esters is 1. The highest BCUT2D eigenvalue weighted by molar-refractivity contribution is 7.94. The van der Waals surface area contributed by atoms with Crippen molar-refractivity contribution in [2.75, 3.05) is 7.11 Å². The van der Waals surface area contributed by atoms with Crippen LogP contribution < -0.4 is 0 Å². The van der Waals surface area contributed by atoms with Crippen LogP contribution in [0.15, 0.2) is 46.7 Å². The molecule has 2 atom stereocenters. The van der Waals surface area contributed by atoms with Crippen LogP contribution in [0.5, 0.6) is 0 Å². The molecule has 0 saturated heterocycles. The minimum Gasteiger partial charge on any atom is -0.468 e. The number of benzene rings is 1. The van der Waals surface area contributed by atoms with Gasteiger partial charge in [0, 0.05) is 5.41 Å². The van der Waals surface area contributed by atoms with Crippen LogP contribution in [0.1, 0.15) is 34.6 Å². The highest BCUT2D eigenvalue weighted by Gasteiger charge is 2.43. The lowest BCUT2D eigenvalue weighted by atomic mass is 9.85. The van der Waals surface area contributed by atoms with Crippen molar-refractivity contribution < 1.29 is 22.4 Å². The maximum Gasteiger partial charge on any atom is 0.318 e. The Kier molecular flexibility index (Phi) is 8.44. The van der Waals surface area contributed by atoms with Gasteiger partial charge in [-0.2, -0.15) is 0 Å². The van der Waals surface area contributed by atoms with E-state index in [9.17, 15) is 13.2 Å². The van der Waals surface area contributed by atoms with Crippen molar-refractivity contribution in [3.05, 3.63) is 41.8 Å². The van der Waals surface area contributed by atoms with Gasteiger partial charge in [0.05, 0.1) is 18.1 Å². The van der Waals surface area contributed by atoms with Gasteiger partial charge in [0.2, 0.25) is 0 Å². The van der Waals surface area contributed by atoms with E-state index in [0.717, 1.165) is 23.5 Å². The third kappa shape index (κ3) is 5.52. The molecule has 0 bridgehead atoms. The Bertz CT molecular complexity index is 733. The van der Waals surface area contributed by atoms with E-state index >= 15 is 0 Å². The molecule has 0 aliphatic rings. The fraction of sp³-hybridized carbons (Fsp3) is 0.550. The molecule has 0 spiro atoms. The van der Waals surface area contributed by atoms with Crippen molar-refractivity contribution in [1.29, 1.82) is 0 Å². The molecule has 152 valence electrons. The predicted molar refractivity (Wildman–Crippen MR) is 111 cm³/mol. The van der Waals surface area contributed by atoms with Gasteiger partial charge in [-0.15, -0.1) is 0 Å². The molecule has 0 fully saturated rings. The minimum absolute atomic E-state index is 0.182. The number of hydrogen-bond donors (Lipinski definition) is 0. The molecule has 7 heteroatoms. The van der Waals surface area contributed by atoms with Gasteiger partial charge in [-0.05, 0) is 44.1 Å². The topological polar surface area (TPSA) is 69.7 Å². The lowest BCUT2D eigenvalue weighted by Gasteiger charge is -2.38. The zero-order valence-electron chi connectivity index (χ0n) is 17.2. The number of hydrogen-bond acceptors (Lipinski definition) is 5. The Balaban J connectivity index is 3.26. The van der Waals surface area contributed by atoms with Gasteiger partial charge in [0.1, 0.15) is 5.41 Å². The Morgan fingerprint density at radius 1 is 1.15 bits per heavy atom. The lowest BCUT2D eigenvalue weighted by molar-refractivity contribution is -0.153. The monoisotopic (exact) mass is 412 g/mol. The Morgan fingerprint density at radius 2 is 1.67 bits per heavy atom. The first-order chi connectivity index (χ1) is 12.6. The van der Waals surface area contributed by atoms with E-state index in [4.69, 9.17) is 9.16 Å².